The number of hydrogen-bond acceptors (Lipinski definition) is 6. The highest BCUT2D eigenvalue weighted by molar-refractivity contribution is 9.10. The Labute approximate surface area is 224 Å². The van der Waals surface area contributed by atoms with Crippen molar-refractivity contribution in [2.75, 3.05) is 29.6 Å². The number of nitrogens with zero attached hydrogens (tertiary/aromatic N) is 3. The minimum Gasteiger partial charge on any atom is -0.442 e. The molecule has 2 amide bonds. The van der Waals surface area contributed by atoms with Crippen LogP contribution in [-0.4, -0.2) is 52.1 Å². The molecule has 0 radical (unpaired) electrons. The van der Waals surface area contributed by atoms with Crippen molar-refractivity contribution in [2.24, 2.45) is 4.36 Å². The lowest BCUT2D eigenvalue weighted by Gasteiger charge is -2.25. The van der Waals surface area contributed by atoms with Gasteiger partial charge in [0.1, 0.15) is 11.4 Å². The predicted octanol–water partition coefficient (Wildman–Crippen LogP) is 6.42. The fourth-order valence-corrected chi connectivity index (χ4v) is 5.24. The molecule has 1 saturated heterocycles. The lowest BCUT2D eigenvalue weighted by Crippen LogP contribution is -2.30. The Bertz CT molecular complexity index is 1320. The highest BCUT2D eigenvalue weighted by Crippen LogP contribution is 2.33. The topological polar surface area (TPSA) is 101 Å². The van der Waals surface area contributed by atoms with Crippen molar-refractivity contribution in [3.63, 3.8) is 0 Å². The van der Waals surface area contributed by atoms with Gasteiger partial charge in [-0.25, -0.2) is 22.8 Å². The summed E-state index contributed by atoms with van der Waals surface area (Å²) in [5, 5.41) is 2.78. The number of pyridine rings is 1. The average molecular weight is 602 g/mol. The predicted molar refractivity (Wildman–Crippen MR) is 143 cm³/mol. The number of halogens is 3. The average Bonchev–Trinajstić information content (AvgIpc) is 2.94. The molecule has 1 atom stereocenters. The number of aromatic nitrogens is 1. The smallest absolute Gasteiger partial charge is 0.442 e. The molecule has 37 heavy (non-hydrogen) atoms. The van der Waals surface area contributed by atoms with Crippen LogP contribution in [0.4, 0.5) is 25.1 Å². The van der Waals surface area contributed by atoms with Gasteiger partial charge in [-0.1, -0.05) is 6.07 Å². The number of alkyl halides is 2. The van der Waals surface area contributed by atoms with E-state index >= 15 is 0 Å². The largest absolute Gasteiger partial charge is 0.442 e. The van der Waals surface area contributed by atoms with Crippen molar-refractivity contribution in [3.8, 4) is 0 Å². The molecule has 1 aromatic carbocycles. The molecule has 0 aliphatic carbocycles. The van der Waals surface area contributed by atoms with Crippen LogP contribution < -0.4 is 10.2 Å². The molecule has 0 saturated carbocycles. The zero-order chi connectivity index (χ0) is 27.6. The van der Waals surface area contributed by atoms with E-state index in [1.54, 1.807) is 57.0 Å². The summed E-state index contributed by atoms with van der Waals surface area (Å²) in [7, 11) is -3.16. The Morgan fingerprint density at radius 3 is 2.62 bits per heavy atom. The van der Waals surface area contributed by atoms with Crippen LogP contribution in [0, 0.1) is 6.92 Å². The summed E-state index contributed by atoms with van der Waals surface area (Å²) in [4.78, 5) is 31.9. The van der Waals surface area contributed by atoms with Crippen LogP contribution in [0.25, 0.3) is 0 Å². The van der Waals surface area contributed by atoms with Crippen LogP contribution in [-0.2, 0) is 14.5 Å². The molecule has 202 valence electrons. The number of benzene rings is 1. The van der Waals surface area contributed by atoms with E-state index in [0.717, 1.165) is 0 Å². The monoisotopic (exact) mass is 600 g/mol. The molecule has 0 spiro atoms. The molecule has 0 bridgehead atoms. The molecule has 2 heterocycles. The zero-order valence-corrected chi connectivity index (χ0v) is 23.8. The number of hydrogen-bond donors (Lipinski definition) is 1. The summed E-state index contributed by atoms with van der Waals surface area (Å²) in [6, 6.07) is 6.21. The number of anilines is 2. The van der Waals surface area contributed by atoms with Gasteiger partial charge in [-0.2, -0.15) is 0 Å². The van der Waals surface area contributed by atoms with Crippen LogP contribution >= 0.6 is 15.9 Å². The van der Waals surface area contributed by atoms with Gasteiger partial charge >= 0.3 is 6.09 Å². The summed E-state index contributed by atoms with van der Waals surface area (Å²) in [5.41, 5.74) is 0.390. The molecular formula is C25H31BrF2N4O4S. The summed E-state index contributed by atoms with van der Waals surface area (Å²) in [6.45, 7) is 7.20. The number of rotatable bonds is 4. The van der Waals surface area contributed by atoms with Crippen LogP contribution in [0.15, 0.2) is 44.2 Å². The summed E-state index contributed by atoms with van der Waals surface area (Å²) >= 11 is 3.40. The normalized spacial score (nSPS) is 17.4. The van der Waals surface area contributed by atoms with Gasteiger partial charge in [-0.15, -0.1) is 4.36 Å². The molecule has 3 rings (SSSR count). The molecule has 1 aromatic heterocycles. The molecule has 1 N–H and O–H groups in total. The molecule has 1 aliphatic heterocycles. The molecule has 2 aromatic rings. The van der Waals surface area contributed by atoms with Crippen molar-refractivity contribution in [2.45, 2.75) is 63.4 Å². The first-order chi connectivity index (χ1) is 17.1. The Kier molecular flexibility index (Phi) is 8.63. The third-order valence-electron chi connectivity index (χ3n) is 5.67. The van der Waals surface area contributed by atoms with Gasteiger partial charge in [0.15, 0.2) is 0 Å². The van der Waals surface area contributed by atoms with Crippen LogP contribution in [0.2, 0.25) is 0 Å². The van der Waals surface area contributed by atoms with Gasteiger partial charge in [-0.3, -0.25) is 4.79 Å². The molecule has 8 nitrogen and oxygen atoms in total. The Morgan fingerprint density at radius 2 is 1.95 bits per heavy atom. The van der Waals surface area contributed by atoms with Gasteiger partial charge in [0, 0.05) is 53.4 Å². The number of nitrogens with one attached hydrogen (secondary N) is 1. The van der Waals surface area contributed by atoms with Gasteiger partial charge in [0.05, 0.1) is 15.3 Å². The standard InChI is InChI=1S/C25H31BrF2N4O4S/c1-16-19(26)15-29-21(32-12-7-10-25(27,28)11-13-32)20(16)22(33)30-17-8-6-9-18(14-17)37(5,35)31-23(34)36-24(2,3)4/h6,8-9,14-15H,7,10-13H2,1-5H3,(H,30,33). The van der Waals surface area contributed by atoms with E-state index < -0.39 is 33.3 Å². The second-order valence-corrected chi connectivity index (χ2v) is 13.1. The van der Waals surface area contributed by atoms with Crippen LogP contribution in [0.5, 0.6) is 0 Å². The Hall–Kier alpha value is -2.60. The highest BCUT2D eigenvalue weighted by atomic mass is 79.9. The SMILES string of the molecule is Cc1c(Br)cnc(N2CCCC(F)(F)CC2)c1C(=O)Nc1cccc(S(C)(=O)=NC(=O)OC(C)(C)C)c1. The molecule has 1 unspecified atom stereocenters. The van der Waals surface area contributed by atoms with Gasteiger partial charge < -0.3 is 15.0 Å². The number of carbonyl (C=O) groups is 2. The molecule has 1 fully saturated rings. The maximum Gasteiger partial charge on any atom is 0.442 e. The van der Waals surface area contributed by atoms with E-state index in [0.29, 0.717) is 28.1 Å². The van der Waals surface area contributed by atoms with E-state index in [4.69, 9.17) is 4.74 Å². The fraction of sp³-hybridized carbons (Fsp3) is 0.480. The zero-order valence-electron chi connectivity index (χ0n) is 21.4. The fourth-order valence-electron chi connectivity index (χ4n) is 3.83. The van der Waals surface area contributed by atoms with E-state index in [-0.39, 0.29) is 36.3 Å². The minimum atomic E-state index is -3.16. The third kappa shape index (κ3) is 7.70. The number of amides is 2. The van der Waals surface area contributed by atoms with Crippen LogP contribution in [0.3, 0.4) is 0 Å². The van der Waals surface area contributed by atoms with E-state index in [1.165, 1.54) is 12.3 Å². The maximum absolute atomic E-state index is 13.9. The first-order valence-corrected chi connectivity index (χ1v) is 14.4. The third-order valence-corrected chi connectivity index (χ3v) is 8.10. The maximum atomic E-state index is 13.9. The first kappa shape index (κ1) is 29.0. The van der Waals surface area contributed by atoms with Crippen LogP contribution in [0.1, 0.15) is 56.0 Å². The summed E-state index contributed by atoms with van der Waals surface area (Å²) in [5.74, 6) is -2.92. The first-order valence-electron chi connectivity index (χ1n) is 11.7. The van der Waals surface area contributed by atoms with Gasteiger partial charge in [-0.05, 0) is 73.8 Å². The van der Waals surface area contributed by atoms with Crippen molar-refractivity contribution >= 4 is 49.2 Å². The van der Waals surface area contributed by atoms with Crippen molar-refractivity contribution in [3.05, 3.63) is 46.1 Å². The lowest BCUT2D eigenvalue weighted by atomic mass is 10.1. The second kappa shape index (κ2) is 11.0. The Morgan fingerprint density at radius 1 is 1.24 bits per heavy atom. The minimum absolute atomic E-state index is 0.0703. The molecule has 1 aliphatic rings. The summed E-state index contributed by atoms with van der Waals surface area (Å²) < 4.78 is 50.5. The van der Waals surface area contributed by atoms with Crippen molar-refractivity contribution in [1.29, 1.82) is 0 Å². The quantitative estimate of drug-likeness (QED) is 0.434. The molecule has 12 heteroatoms. The van der Waals surface area contributed by atoms with Gasteiger partial charge in [0.25, 0.3) is 5.91 Å². The number of carbonyl (C=O) groups excluding carboxylic acids is 2. The lowest BCUT2D eigenvalue weighted by molar-refractivity contribution is -0.0102. The number of ether oxygens (including phenoxy) is 1. The van der Waals surface area contributed by atoms with Crippen molar-refractivity contribution in [1.82, 2.24) is 4.98 Å². The second-order valence-electron chi connectivity index (χ2n) is 9.98. The highest BCUT2D eigenvalue weighted by Gasteiger charge is 2.33. The van der Waals surface area contributed by atoms with E-state index in [2.05, 4.69) is 30.6 Å². The van der Waals surface area contributed by atoms with E-state index in [1.807, 2.05) is 0 Å². The Balaban J connectivity index is 1.91. The van der Waals surface area contributed by atoms with E-state index in [9.17, 15) is 22.6 Å². The summed E-state index contributed by atoms with van der Waals surface area (Å²) in [6.07, 6.45) is 1.66. The van der Waals surface area contributed by atoms with Crippen molar-refractivity contribution < 1.29 is 27.3 Å². The molecular weight excluding hydrogens is 570 g/mol. The van der Waals surface area contributed by atoms with Gasteiger partial charge in [0.2, 0.25) is 5.92 Å².